The van der Waals surface area contributed by atoms with Gasteiger partial charge in [-0.15, -0.1) is 0 Å². The van der Waals surface area contributed by atoms with Crippen LogP contribution < -0.4 is 0 Å². The molecular formula is C20H20O2. The van der Waals surface area contributed by atoms with Crippen LogP contribution in [0.15, 0.2) is 78.9 Å². The van der Waals surface area contributed by atoms with Gasteiger partial charge in [0.15, 0.2) is 0 Å². The average molecular weight is 292 g/mol. The first-order valence-corrected chi connectivity index (χ1v) is 7.31. The summed E-state index contributed by atoms with van der Waals surface area (Å²) >= 11 is 0. The van der Waals surface area contributed by atoms with Crippen molar-refractivity contribution in [1.29, 1.82) is 0 Å². The van der Waals surface area contributed by atoms with Gasteiger partial charge in [-0.1, -0.05) is 67.6 Å². The Hall–Kier alpha value is -2.74. The van der Waals surface area contributed by atoms with E-state index < -0.39 is 0 Å². The van der Waals surface area contributed by atoms with Crippen molar-refractivity contribution in [3.8, 4) is 22.6 Å². The molecule has 0 aliphatic rings. The SMILES string of the molecule is CCc1cc(O)cc(O)c1.c1ccc(-c2ccccc2)cc1. The highest BCUT2D eigenvalue weighted by Crippen LogP contribution is 2.20. The Morgan fingerprint density at radius 3 is 1.41 bits per heavy atom. The van der Waals surface area contributed by atoms with Crippen LogP contribution in [-0.4, -0.2) is 10.2 Å². The Kier molecular flexibility index (Phi) is 5.61. The third-order valence-corrected chi connectivity index (χ3v) is 3.25. The minimum absolute atomic E-state index is 0.122. The predicted octanol–water partition coefficient (Wildman–Crippen LogP) is 5.01. The van der Waals surface area contributed by atoms with Gasteiger partial charge in [-0.25, -0.2) is 0 Å². The molecule has 22 heavy (non-hydrogen) atoms. The number of aryl methyl sites for hydroxylation is 1. The molecule has 0 radical (unpaired) electrons. The van der Waals surface area contributed by atoms with E-state index >= 15 is 0 Å². The number of phenolic OH excluding ortho intramolecular Hbond substituents is 2. The van der Waals surface area contributed by atoms with Crippen molar-refractivity contribution >= 4 is 0 Å². The van der Waals surface area contributed by atoms with Gasteiger partial charge >= 0.3 is 0 Å². The molecule has 0 aliphatic carbocycles. The molecule has 2 nitrogen and oxygen atoms in total. The monoisotopic (exact) mass is 292 g/mol. The molecule has 0 fully saturated rings. The van der Waals surface area contributed by atoms with E-state index in [0.29, 0.717) is 0 Å². The second kappa shape index (κ2) is 7.89. The van der Waals surface area contributed by atoms with Gasteiger partial charge < -0.3 is 10.2 Å². The van der Waals surface area contributed by atoms with Gasteiger partial charge in [0.1, 0.15) is 11.5 Å². The highest BCUT2D eigenvalue weighted by Gasteiger charge is 1.95. The first kappa shape index (κ1) is 15.6. The summed E-state index contributed by atoms with van der Waals surface area (Å²) < 4.78 is 0. The normalized spacial score (nSPS) is 9.68. The molecule has 3 aromatic rings. The molecule has 0 saturated heterocycles. The van der Waals surface area contributed by atoms with Crippen LogP contribution in [0.2, 0.25) is 0 Å². The van der Waals surface area contributed by atoms with Crippen LogP contribution in [0.4, 0.5) is 0 Å². The zero-order chi connectivity index (χ0) is 15.8. The van der Waals surface area contributed by atoms with Gasteiger partial charge in [-0.05, 0) is 35.2 Å². The van der Waals surface area contributed by atoms with E-state index in [4.69, 9.17) is 10.2 Å². The van der Waals surface area contributed by atoms with Crippen molar-refractivity contribution in [2.24, 2.45) is 0 Å². The van der Waals surface area contributed by atoms with E-state index in [9.17, 15) is 0 Å². The molecule has 3 rings (SSSR count). The molecule has 0 amide bonds. The number of phenols is 2. The Bertz CT molecular complexity index is 634. The fourth-order valence-corrected chi connectivity index (χ4v) is 2.12. The van der Waals surface area contributed by atoms with Gasteiger partial charge in [0.2, 0.25) is 0 Å². The Labute approximate surface area is 131 Å². The number of hydrogen-bond acceptors (Lipinski definition) is 2. The second-order valence-electron chi connectivity index (χ2n) is 4.94. The molecule has 0 spiro atoms. The Morgan fingerprint density at radius 1 is 0.636 bits per heavy atom. The largest absolute Gasteiger partial charge is 0.508 e. The summed E-state index contributed by atoms with van der Waals surface area (Å²) in [5.74, 6) is 0.244. The summed E-state index contributed by atoms with van der Waals surface area (Å²) in [6.07, 6.45) is 0.821. The van der Waals surface area contributed by atoms with Crippen LogP contribution in [0.25, 0.3) is 11.1 Å². The van der Waals surface area contributed by atoms with Crippen LogP contribution >= 0.6 is 0 Å². The number of rotatable bonds is 2. The van der Waals surface area contributed by atoms with Crippen molar-refractivity contribution in [3.63, 3.8) is 0 Å². The molecule has 0 aliphatic heterocycles. The molecule has 3 aromatic carbocycles. The molecule has 0 bridgehead atoms. The molecule has 112 valence electrons. The lowest BCUT2D eigenvalue weighted by Gasteiger charge is -1.98. The minimum atomic E-state index is 0.122. The van der Waals surface area contributed by atoms with Crippen LogP contribution in [0.5, 0.6) is 11.5 Å². The van der Waals surface area contributed by atoms with E-state index in [1.165, 1.54) is 17.2 Å². The maximum atomic E-state index is 8.96. The Morgan fingerprint density at radius 2 is 1.05 bits per heavy atom. The maximum absolute atomic E-state index is 8.96. The summed E-state index contributed by atoms with van der Waals surface area (Å²) in [6.45, 7) is 1.97. The summed E-state index contributed by atoms with van der Waals surface area (Å²) in [6, 6.07) is 25.4. The highest BCUT2D eigenvalue weighted by atomic mass is 16.3. The quantitative estimate of drug-likeness (QED) is 0.696. The maximum Gasteiger partial charge on any atom is 0.119 e. The van der Waals surface area contributed by atoms with Gasteiger partial charge in [-0.3, -0.25) is 0 Å². The molecule has 0 saturated carbocycles. The van der Waals surface area contributed by atoms with Crippen LogP contribution in [-0.2, 0) is 6.42 Å². The molecule has 2 heteroatoms. The van der Waals surface area contributed by atoms with E-state index in [-0.39, 0.29) is 11.5 Å². The van der Waals surface area contributed by atoms with Gasteiger partial charge in [0.05, 0.1) is 0 Å². The molecule has 0 atom stereocenters. The van der Waals surface area contributed by atoms with Crippen molar-refractivity contribution in [2.75, 3.05) is 0 Å². The van der Waals surface area contributed by atoms with Crippen LogP contribution in [0.3, 0.4) is 0 Å². The third-order valence-electron chi connectivity index (χ3n) is 3.25. The van der Waals surface area contributed by atoms with E-state index in [2.05, 4.69) is 48.5 Å². The summed E-state index contributed by atoms with van der Waals surface area (Å²) in [5, 5.41) is 17.9. The molecule has 0 heterocycles. The Balaban J connectivity index is 0.000000164. The molecular weight excluding hydrogens is 272 g/mol. The average Bonchev–Trinajstić information content (AvgIpc) is 2.56. The molecule has 2 N–H and O–H groups in total. The molecule has 0 unspecified atom stereocenters. The molecule has 0 aromatic heterocycles. The van der Waals surface area contributed by atoms with E-state index in [1.807, 2.05) is 19.1 Å². The first-order chi connectivity index (χ1) is 10.7. The zero-order valence-corrected chi connectivity index (χ0v) is 12.6. The second-order valence-corrected chi connectivity index (χ2v) is 4.94. The van der Waals surface area contributed by atoms with Gasteiger partial charge in [0, 0.05) is 6.07 Å². The fourth-order valence-electron chi connectivity index (χ4n) is 2.12. The number of benzene rings is 3. The highest BCUT2D eigenvalue weighted by molar-refractivity contribution is 5.62. The first-order valence-electron chi connectivity index (χ1n) is 7.31. The summed E-state index contributed by atoms with van der Waals surface area (Å²) in [7, 11) is 0. The lowest BCUT2D eigenvalue weighted by Crippen LogP contribution is -1.77. The van der Waals surface area contributed by atoms with Gasteiger partial charge in [0.25, 0.3) is 0 Å². The van der Waals surface area contributed by atoms with Crippen molar-refractivity contribution in [3.05, 3.63) is 84.4 Å². The minimum Gasteiger partial charge on any atom is -0.508 e. The zero-order valence-electron chi connectivity index (χ0n) is 12.6. The lowest BCUT2D eigenvalue weighted by atomic mass is 10.1. The topological polar surface area (TPSA) is 40.5 Å². The number of hydrogen-bond donors (Lipinski definition) is 2. The van der Waals surface area contributed by atoms with Crippen molar-refractivity contribution in [1.82, 2.24) is 0 Å². The van der Waals surface area contributed by atoms with Crippen LogP contribution in [0.1, 0.15) is 12.5 Å². The summed E-state index contributed by atoms with van der Waals surface area (Å²) in [5.41, 5.74) is 3.49. The van der Waals surface area contributed by atoms with Crippen molar-refractivity contribution in [2.45, 2.75) is 13.3 Å². The smallest absolute Gasteiger partial charge is 0.119 e. The van der Waals surface area contributed by atoms with Crippen LogP contribution in [0, 0.1) is 0 Å². The number of aromatic hydroxyl groups is 2. The van der Waals surface area contributed by atoms with Gasteiger partial charge in [-0.2, -0.15) is 0 Å². The van der Waals surface area contributed by atoms with E-state index in [0.717, 1.165) is 12.0 Å². The third kappa shape index (κ3) is 4.67. The fraction of sp³-hybridized carbons (Fsp3) is 0.100. The van der Waals surface area contributed by atoms with E-state index in [1.54, 1.807) is 12.1 Å². The predicted molar refractivity (Wildman–Crippen MR) is 91.0 cm³/mol. The lowest BCUT2D eigenvalue weighted by molar-refractivity contribution is 0.449. The van der Waals surface area contributed by atoms with Crippen molar-refractivity contribution < 1.29 is 10.2 Å². The standard InChI is InChI=1S/C12H10.C8H10O2/c1-3-7-11(8-4-1)12-9-5-2-6-10-12;1-2-6-3-7(9)5-8(10)4-6/h1-10H;3-5,9-10H,2H2,1H3. The summed E-state index contributed by atoms with van der Waals surface area (Å²) in [4.78, 5) is 0.